The molecular formula is C17H20O6. The first kappa shape index (κ1) is 17.0. The molecule has 0 spiro atoms. The smallest absolute Gasteiger partial charge is 0.338 e. The highest BCUT2D eigenvalue weighted by Gasteiger charge is 2.50. The van der Waals surface area contributed by atoms with Gasteiger partial charge in [-0.25, -0.2) is 4.79 Å². The lowest BCUT2D eigenvalue weighted by atomic mass is 9.97. The number of phenolic OH excluding ortho intramolecular Hbond substituents is 1. The predicted molar refractivity (Wildman–Crippen MR) is 82.2 cm³/mol. The highest BCUT2D eigenvalue weighted by Crippen LogP contribution is 2.45. The van der Waals surface area contributed by atoms with Crippen LogP contribution in [-0.4, -0.2) is 30.3 Å². The molecule has 1 aromatic carbocycles. The van der Waals surface area contributed by atoms with Crippen molar-refractivity contribution in [2.24, 2.45) is 0 Å². The van der Waals surface area contributed by atoms with E-state index in [-0.39, 0.29) is 18.1 Å². The Labute approximate surface area is 134 Å². The molecule has 1 aromatic rings. The molecule has 1 heterocycles. The molecule has 1 fully saturated rings. The van der Waals surface area contributed by atoms with Gasteiger partial charge in [-0.15, -0.1) is 0 Å². The van der Waals surface area contributed by atoms with Gasteiger partial charge in [-0.05, 0) is 38.5 Å². The second kappa shape index (κ2) is 6.42. The van der Waals surface area contributed by atoms with Crippen molar-refractivity contribution in [2.75, 3.05) is 13.2 Å². The van der Waals surface area contributed by atoms with Crippen LogP contribution in [0, 0.1) is 6.92 Å². The van der Waals surface area contributed by atoms with E-state index in [2.05, 4.69) is 0 Å². The topological polar surface area (TPSA) is 85.4 Å². The molecule has 0 unspecified atom stereocenters. The molecule has 1 aliphatic rings. The van der Waals surface area contributed by atoms with E-state index in [1.807, 2.05) is 0 Å². The Morgan fingerprint density at radius 3 is 2.57 bits per heavy atom. The van der Waals surface area contributed by atoms with Gasteiger partial charge in [0.25, 0.3) is 0 Å². The number of aromatic hydroxyl groups is 1. The maximum Gasteiger partial charge on any atom is 0.338 e. The summed E-state index contributed by atoms with van der Waals surface area (Å²) in [7, 11) is 0. The van der Waals surface area contributed by atoms with E-state index in [0.717, 1.165) is 0 Å². The molecule has 0 aliphatic carbocycles. The fourth-order valence-electron chi connectivity index (χ4n) is 2.03. The van der Waals surface area contributed by atoms with Crippen molar-refractivity contribution >= 4 is 11.9 Å². The maximum absolute atomic E-state index is 12.0. The minimum absolute atomic E-state index is 0.00200. The Morgan fingerprint density at radius 2 is 2.04 bits per heavy atom. The van der Waals surface area contributed by atoms with Gasteiger partial charge in [-0.1, -0.05) is 6.08 Å². The summed E-state index contributed by atoms with van der Waals surface area (Å²) in [6.45, 7) is 6.71. The monoisotopic (exact) mass is 320 g/mol. The Morgan fingerprint density at radius 1 is 1.39 bits per heavy atom. The summed E-state index contributed by atoms with van der Waals surface area (Å²) in [5, 5.41) is 9.97. The van der Waals surface area contributed by atoms with E-state index in [1.54, 1.807) is 32.9 Å². The van der Waals surface area contributed by atoms with Crippen LogP contribution in [0.3, 0.4) is 0 Å². The van der Waals surface area contributed by atoms with Crippen molar-refractivity contribution in [1.82, 2.24) is 0 Å². The lowest BCUT2D eigenvalue weighted by Crippen LogP contribution is -2.21. The lowest BCUT2D eigenvalue weighted by Gasteiger charge is -2.18. The minimum Gasteiger partial charge on any atom is -0.508 e. The Hall–Kier alpha value is -2.34. The number of epoxide rings is 1. The molecule has 6 nitrogen and oxygen atoms in total. The summed E-state index contributed by atoms with van der Waals surface area (Å²) in [5.74, 6) is -0.571. The van der Waals surface area contributed by atoms with Crippen molar-refractivity contribution in [3.63, 3.8) is 0 Å². The summed E-state index contributed by atoms with van der Waals surface area (Å²) in [4.78, 5) is 23.1. The number of rotatable bonds is 5. The molecule has 1 N–H and O–H groups in total. The zero-order chi connectivity index (χ0) is 17.2. The van der Waals surface area contributed by atoms with E-state index in [4.69, 9.17) is 14.2 Å². The fraction of sp³-hybridized carbons (Fsp3) is 0.412. The first-order valence-corrected chi connectivity index (χ1v) is 7.25. The van der Waals surface area contributed by atoms with Crippen LogP contribution in [0.4, 0.5) is 0 Å². The molecule has 0 aromatic heterocycles. The van der Waals surface area contributed by atoms with E-state index in [9.17, 15) is 14.7 Å². The van der Waals surface area contributed by atoms with Crippen LogP contribution in [0.5, 0.6) is 11.5 Å². The van der Waals surface area contributed by atoms with Gasteiger partial charge in [-0.2, -0.15) is 0 Å². The first-order valence-electron chi connectivity index (χ1n) is 7.25. The third-order valence-corrected chi connectivity index (χ3v) is 3.75. The van der Waals surface area contributed by atoms with E-state index >= 15 is 0 Å². The Balaban J connectivity index is 2.36. The average Bonchev–Trinajstić information content (AvgIpc) is 3.28. The molecule has 124 valence electrons. The molecule has 0 bridgehead atoms. The van der Waals surface area contributed by atoms with Crippen LogP contribution < -0.4 is 4.74 Å². The number of hydrogen-bond acceptors (Lipinski definition) is 6. The molecule has 2 rings (SSSR count). The average molecular weight is 320 g/mol. The molecule has 1 atom stereocenters. The van der Waals surface area contributed by atoms with Gasteiger partial charge in [0.1, 0.15) is 18.1 Å². The van der Waals surface area contributed by atoms with Crippen molar-refractivity contribution in [3.05, 3.63) is 34.9 Å². The molecule has 0 saturated carbocycles. The number of aryl methyl sites for hydroxylation is 1. The number of carbonyl (C=O) groups is 2. The van der Waals surface area contributed by atoms with Crippen LogP contribution in [-0.2, 0) is 24.7 Å². The number of hydrogen-bond donors (Lipinski definition) is 1. The SMILES string of the molecule is C/C=C(/C)C(=O)Oc1cc(C)c(O)cc1[C@]1(COC(C)=O)CO1. The first-order chi connectivity index (χ1) is 10.8. The van der Waals surface area contributed by atoms with Crippen LogP contribution in [0.2, 0.25) is 0 Å². The number of phenols is 1. The summed E-state index contributed by atoms with van der Waals surface area (Å²) in [5.41, 5.74) is 0.639. The van der Waals surface area contributed by atoms with Crippen LogP contribution >= 0.6 is 0 Å². The number of carbonyl (C=O) groups excluding carboxylic acids is 2. The molecule has 1 aliphatic heterocycles. The second-order valence-electron chi connectivity index (χ2n) is 5.56. The number of esters is 2. The van der Waals surface area contributed by atoms with Crippen LogP contribution in [0.1, 0.15) is 31.9 Å². The lowest BCUT2D eigenvalue weighted by molar-refractivity contribution is -0.143. The van der Waals surface area contributed by atoms with Gasteiger partial charge in [0.2, 0.25) is 0 Å². The van der Waals surface area contributed by atoms with E-state index in [1.165, 1.54) is 13.0 Å². The number of benzene rings is 1. The zero-order valence-corrected chi connectivity index (χ0v) is 13.6. The van der Waals surface area contributed by atoms with Crippen molar-refractivity contribution in [2.45, 2.75) is 33.3 Å². The van der Waals surface area contributed by atoms with Gasteiger partial charge < -0.3 is 19.3 Å². The third-order valence-electron chi connectivity index (χ3n) is 3.75. The zero-order valence-electron chi connectivity index (χ0n) is 13.6. The predicted octanol–water partition coefficient (Wildman–Crippen LogP) is 2.36. The van der Waals surface area contributed by atoms with Crippen LogP contribution in [0.25, 0.3) is 0 Å². The van der Waals surface area contributed by atoms with Crippen molar-refractivity contribution < 1.29 is 28.9 Å². The highest BCUT2D eigenvalue weighted by molar-refractivity contribution is 5.89. The maximum atomic E-state index is 12.0. The molecule has 1 saturated heterocycles. The summed E-state index contributed by atoms with van der Waals surface area (Å²) in [6, 6.07) is 3.06. The summed E-state index contributed by atoms with van der Waals surface area (Å²) in [6.07, 6.45) is 1.65. The van der Waals surface area contributed by atoms with Crippen molar-refractivity contribution in [1.29, 1.82) is 0 Å². The molecule has 0 radical (unpaired) electrons. The molecule has 23 heavy (non-hydrogen) atoms. The summed E-state index contributed by atoms with van der Waals surface area (Å²) >= 11 is 0. The van der Waals surface area contributed by atoms with Crippen LogP contribution in [0.15, 0.2) is 23.8 Å². The standard InChI is InChI=1S/C17H20O6/c1-5-10(2)16(20)23-15-6-11(3)14(19)7-13(15)17(9-22-17)8-21-12(4)18/h5-7,19H,8-9H2,1-4H3/b10-5-/t17-/m0/s1. The van der Waals surface area contributed by atoms with Gasteiger partial charge in [-0.3, -0.25) is 4.79 Å². The molecular weight excluding hydrogens is 300 g/mol. The quantitative estimate of drug-likeness (QED) is 0.388. The summed E-state index contributed by atoms with van der Waals surface area (Å²) < 4.78 is 15.9. The third kappa shape index (κ3) is 3.71. The number of allylic oxidation sites excluding steroid dienone is 1. The fourth-order valence-corrected chi connectivity index (χ4v) is 2.03. The van der Waals surface area contributed by atoms with Gasteiger partial charge in [0.05, 0.1) is 6.61 Å². The van der Waals surface area contributed by atoms with Gasteiger partial charge in [0.15, 0.2) is 5.60 Å². The minimum atomic E-state index is -0.879. The van der Waals surface area contributed by atoms with E-state index in [0.29, 0.717) is 23.3 Å². The van der Waals surface area contributed by atoms with Gasteiger partial charge >= 0.3 is 11.9 Å². The number of ether oxygens (including phenoxy) is 3. The molecule has 6 heteroatoms. The normalized spacial score (nSPS) is 20.1. The molecule has 0 amide bonds. The largest absolute Gasteiger partial charge is 0.508 e. The Kier molecular flexibility index (Phi) is 4.75. The second-order valence-corrected chi connectivity index (χ2v) is 5.56. The van der Waals surface area contributed by atoms with E-state index < -0.39 is 17.5 Å². The van der Waals surface area contributed by atoms with Gasteiger partial charge in [0, 0.05) is 18.1 Å². The highest BCUT2D eigenvalue weighted by atomic mass is 16.6. The Bertz CT molecular complexity index is 670. The van der Waals surface area contributed by atoms with Crippen molar-refractivity contribution in [3.8, 4) is 11.5 Å².